The highest BCUT2D eigenvalue weighted by Crippen LogP contribution is 2.49. The van der Waals surface area contributed by atoms with Crippen molar-refractivity contribution < 1.29 is 19.1 Å². The Kier molecular flexibility index (Phi) is 6.01. The summed E-state index contributed by atoms with van der Waals surface area (Å²) in [4.78, 5) is 24.5. The molecule has 0 heterocycles. The SMILES string of the molecule is COC(=O)CC(NC(=O)C1CC1c1ccccc1Cl)c1ccc(OC)cc1. The third-order valence-corrected chi connectivity index (χ3v) is 5.21. The first-order valence-corrected chi connectivity index (χ1v) is 9.16. The van der Waals surface area contributed by atoms with Crippen molar-refractivity contribution in [3.05, 3.63) is 64.7 Å². The zero-order valence-electron chi connectivity index (χ0n) is 15.3. The predicted molar refractivity (Wildman–Crippen MR) is 103 cm³/mol. The van der Waals surface area contributed by atoms with E-state index in [9.17, 15) is 9.59 Å². The van der Waals surface area contributed by atoms with Crippen LogP contribution in [-0.2, 0) is 14.3 Å². The zero-order valence-corrected chi connectivity index (χ0v) is 16.0. The monoisotopic (exact) mass is 387 g/mol. The van der Waals surface area contributed by atoms with Gasteiger partial charge in [-0.15, -0.1) is 0 Å². The van der Waals surface area contributed by atoms with E-state index in [0.717, 1.165) is 17.5 Å². The first kappa shape index (κ1) is 19.2. The number of hydrogen-bond acceptors (Lipinski definition) is 4. The molecule has 2 aromatic carbocycles. The summed E-state index contributed by atoms with van der Waals surface area (Å²) >= 11 is 6.24. The van der Waals surface area contributed by atoms with E-state index in [-0.39, 0.29) is 30.1 Å². The third-order valence-electron chi connectivity index (χ3n) is 4.87. The number of hydrogen-bond donors (Lipinski definition) is 1. The van der Waals surface area contributed by atoms with Gasteiger partial charge in [0.15, 0.2) is 0 Å². The molecule has 0 aliphatic heterocycles. The molecule has 0 spiro atoms. The van der Waals surface area contributed by atoms with E-state index in [2.05, 4.69) is 5.32 Å². The lowest BCUT2D eigenvalue weighted by atomic mass is 10.0. The summed E-state index contributed by atoms with van der Waals surface area (Å²) in [6.07, 6.45) is 0.821. The van der Waals surface area contributed by atoms with Gasteiger partial charge in [0.1, 0.15) is 5.75 Å². The normalized spacial score (nSPS) is 19.1. The van der Waals surface area contributed by atoms with Crippen LogP contribution in [0.4, 0.5) is 0 Å². The molecular weight excluding hydrogens is 366 g/mol. The van der Waals surface area contributed by atoms with Gasteiger partial charge in [0.2, 0.25) is 5.91 Å². The Morgan fingerprint density at radius 2 is 1.85 bits per heavy atom. The highest BCUT2D eigenvalue weighted by atomic mass is 35.5. The van der Waals surface area contributed by atoms with Gasteiger partial charge in [0.25, 0.3) is 0 Å². The van der Waals surface area contributed by atoms with Crippen LogP contribution in [0, 0.1) is 5.92 Å². The number of amides is 1. The second-order valence-electron chi connectivity index (χ2n) is 6.58. The van der Waals surface area contributed by atoms with Crippen molar-refractivity contribution in [2.75, 3.05) is 14.2 Å². The number of methoxy groups -OCH3 is 2. The minimum Gasteiger partial charge on any atom is -0.497 e. The van der Waals surface area contributed by atoms with E-state index in [0.29, 0.717) is 10.8 Å². The zero-order chi connectivity index (χ0) is 19.4. The van der Waals surface area contributed by atoms with Gasteiger partial charge in [-0.05, 0) is 41.7 Å². The van der Waals surface area contributed by atoms with Crippen molar-refractivity contribution in [3.8, 4) is 5.75 Å². The number of rotatable bonds is 7. The summed E-state index contributed by atoms with van der Waals surface area (Å²) in [5.74, 6) is 0.235. The first-order valence-electron chi connectivity index (χ1n) is 8.79. The molecule has 0 bridgehead atoms. The molecule has 0 radical (unpaired) electrons. The van der Waals surface area contributed by atoms with Crippen LogP contribution < -0.4 is 10.1 Å². The lowest BCUT2D eigenvalue weighted by Gasteiger charge is -2.19. The Balaban J connectivity index is 1.71. The van der Waals surface area contributed by atoms with E-state index >= 15 is 0 Å². The molecule has 1 fully saturated rings. The molecule has 0 aromatic heterocycles. The fourth-order valence-corrected chi connectivity index (χ4v) is 3.50. The van der Waals surface area contributed by atoms with Crippen LogP contribution in [0.25, 0.3) is 0 Å². The molecule has 2 aromatic rings. The second kappa shape index (κ2) is 8.44. The van der Waals surface area contributed by atoms with E-state index in [1.807, 2.05) is 36.4 Å². The van der Waals surface area contributed by atoms with E-state index in [4.69, 9.17) is 21.1 Å². The molecule has 1 N–H and O–H groups in total. The third kappa shape index (κ3) is 4.61. The van der Waals surface area contributed by atoms with Gasteiger partial charge < -0.3 is 14.8 Å². The summed E-state index contributed by atoms with van der Waals surface area (Å²) < 4.78 is 9.94. The summed E-state index contributed by atoms with van der Waals surface area (Å²) in [5.41, 5.74) is 1.82. The van der Waals surface area contributed by atoms with Crippen LogP contribution in [0.3, 0.4) is 0 Å². The molecule has 6 heteroatoms. The first-order chi connectivity index (χ1) is 13.0. The number of carbonyl (C=O) groups is 2. The summed E-state index contributed by atoms with van der Waals surface area (Å²) in [6, 6.07) is 14.4. The molecular formula is C21H22ClNO4. The number of esters is 1. The highest BCUT2D eigenvalue weighted by molar-refractivity contribution is 6.31. The molecule has 1 aliphatic carbocycles. The maximum atomic E-state index is 12.7. The van der Waals surface area contributed by atoms with Crippen molar-refractivity contribution in [2.24, 2.45) is 5.92 Å². The van der Waals surface area contributed by atoms with E-state index in [1.54, 1.807) is 19.2 Å². The van der Waals surface area contributed by atoms with Crippen LogP contribution in [0.1, 0.15) is 35.9 Å². The van der Waals surface area contributed by atoms with Gasteiger partial charge in [-0.25, -0.2) is 0 Å². The Hall–Kier alpha value is -2.53. The van der Waals surface area contributed by atoms with Gasteiger partial charge in [-0.3, -0.25) is 9.59 Å². The molecule has 3 unspecified atom stereocenters. The van der Waals surface area contributed by atoms with Crippen LogP contribution in [0.5, 0.6) is 5.75 Å². The largest absolute Gasteiger partial charge is 0.497 e. The van der Waals surface area contributed by atoms with Gasteiger partial charge in [0.05, 0.1) is 26.7 Å². The Morgan fingerprint density at radius 1 is 1.15 bits per heavy atom. The molecule has 0 saturated heterocycles. The lowest BCUT2D eigenvalue weighted by Crippen LogP contribution is -2.32. The average Bonchev–Trinajstić information content (AvgIpc) is 3.48. The van der Waals surface area contributed by atoms with Gasteiger partial charge in [-0.1, -0.05) is 41.9 Å². The minimum atomic E-state index is -0.455. The summed E-state index contributed by atoms with van der Waals surface area (Å²) in [6.45, 7) is 0. The van der Waals surface area contributed by atoms with E-state index < -0.39 is 6.04 Å². The van der Waals surface area contributed by atoms with Crippen molar-refractivity contribution in [3.63, 3.8) is 0 Å². The van der Waals surface area contributed by atoms with Crippen LogP contribution in [0.15, 0.2) is 48.5 Å². The number of carbonyl (C=O) groups excluding carboxylic acids is 2. The van der Waals surface area contributed by atoms with Crippen molar-refractivity contribution >= 4 is 23.5 Å². The van der Waals surface area contributed by atoms with Crippen LogP contribution >= 0.6 is 11.6 Å². The quantitative estimate of drug-likeness (QED) is 0.732. The number of nitrogens with one attached hydrogen (secondary N) is 1. The van der Waals surface area contributed by atoms with Crippen LogP contribution in [0.2, 0.25) is 5.02 Å². The van der Waals surface area contributed by atoms with Crippen molar-refractivity contribution in [1.82, 2.24) is 5.32 Å². The molecule has 27 heavy (non-hydrogen) atoms. The van der Waals surface area contributed by atoms with Crippen LogP contribution in [-0.4, -0.2) is 26.1 Å². The Labute approximate surface area is 163 Å². The summed E-state index contributed by atoms with van der Waals surface area (Å²) in [7, 11) is 2.92. The van der Waals surface area contributed by atoms with Gasteiger partial charge in [-0.2, -0.15) is 0 Å². The minimum absolute atomic E-state index is 0.0675. The number of benzene rings is 2. The molecule has 1 saturated carbocycles. The molecule has 3 rings (SSSR count). The van der Waals surface area contributed by atoms with E-state index in [1.165, 1.54) is 7.11 Å². The number of ether oxygens (including phenoxy) is 2. The standard InChI is InChI=1S/C21H22ClNO4/c1-26-14-9-7-13(8-10-14)19(12-20(24)27-2)23-21(25)17-11-16(17)15-5-3-4-6-18(15)22/h3-10,16-17,19H,11-12H2,1-2H3,(H,23,25). The van der Waals surface area contributed by atoms with Gasteiger partial charge in [0, 0.05) is 10.9 Å². The molecule has 1 amide bonds. The fraction of sp³-hybridized carbons (Fsp3) is 0.333. The Morgan fingerprint density at radius 3 is 2.48 bits per heavy atom. The van der Waals surface area contributed by atoms with Gasteiger partial charge >= 0.3 is 5.97 Å². The lowest BCUT2D eigenvalue weighted by molar-refractivity contribution is -0.141. The molecule has 3 atom stereocenters. The predicted octanol–water partition coefficient (Wildman–Crippen LogP) is 3.87. The topological polar surface area (TPSA) is 64.6 Å². The second-order valence-corrected chi connectivity index (χ2v) is 6.99. The van der Waals surface area contributed by atoms with Crippen molar-refractivity contribution in [1.29, 1.82) is 0 Å². The number of halogens is 1. The average molecular weight is 388 g/mol. The maximum absolute atomic E-state index is 12.7. The maximum Gasteiger partial charge on any atom is 0.307 e. The molecule has 5 nitrogen and oxygen atoms in total. The molecule has 142 valence electrons. The summed E-state index contributed by atoms with van der Waals surface area (Å²) in [5, 5.41) is 3.67. The fourth-order valence-electron chi connectivity index (χ4n) is 3.22. The molecule has 1 aliphatic rings. The smallest absolute Gasteiger partial charge is 0.307 e. The highest BCUT2D eigenvalue weighted by Gasteiger charge is 2.45. The Bertz CT molecular complexity index is 821. The van der Waals surface area contributed by atoms with Crippen molar-refractivity contribution in [2.45, 2.75) is 24.8 Å².